The molecule has 2 saturated heterocycles. The smallest absolute Gasteiger partial charge is 0.255 e. The van der Waals surface area contributed by atoms with Gasteiger partial charge >= 0.3 is 0 Å². The van der Waals surface area contributed by atoms with Gasteiger partial charge in [-0.05, 0) is 34.1 Å². The first kappa shape index (κ1) is 14.3. The average molecular weight is 359 g/mol. The van der Waals surface area contributed by atoms with Gasteiger partial charge in [-0.15, -0.1) is 0 Å². The molecule has 4 nitrogen and oxygen atoms in total. The minimum absolute atomic E-state index is 0.0609. The molecular formula is C14H17BrClN3O. The maximum Gasteiger partial charge on any atom is 0.255 e. The summed E-state index contributed by atoms with van der Waals surface area (Å²) < 4.78 is 0.803. The lowest BCUT2D eigenvalue weighted by molar-refractivity contribution is 0.0501. The molecule has 0 radical (unpaired) electrons. The summed E-state index contributed by atoms with van der Waals surface area (Å²) >= 11 is 9.41. The Morgan fingerprint density at radius 2 is 1.95 bits per heavy atom. The second-order valence-corrected chi connectivity index (χ2v) is 6.56. The van der Waals surface area contributed by atoms with Crippen molar-refractivity contribution in [3.8, 4) is 0 Å². The summed E-state index contributed by atoms with van der Waals surface area (Å²) in [6.07, 6.45) is 0. The van der Waals surface area contributed by atoms with Crippen molar-refractivity contribution < 1.29 is 4.79 Å². The summed E-state index contributed by atoms with van der Waals surface area (Å²) in [5, 5.41) is 3.88. The molecule has 108 valence electrons. The van der Waals surface area contributed by atoms with E-state index in [1.807, 2.05) is 11.0 Å². The van der Waals surface area contributed by atoms with Crippen molar-refractivity contribution in [1.29, 1.82) is 0 Å². The maximum atomic E-state index is 12.5. The number of hydrogen-bond donors (Lipinski definition) is 1. The summed E-state index contributed by atoms with van der Waals surface area (Å²) in [6.45, 7) is 5.64. The minimum atomic E-state index is 0.0609. The van der Waals surface area contributed by atoms with Gasteiger partial charge in [0.15, 0.2) is 0 Å². The van der Waals surface area contributed by atoms with Crippen molar-refractivity contribution >= 4 is 33.4 Å². The van der Waals surface area contributed by atoms with Crippen molar-refractivity contribution in [1.82, 2.24) is 15.1 Å². The van der Waals surface area contributed by atoms with Crippen molar-refractivity contribution in [2.45, 2.75) is 6.04 Å². The van der Waals surface area contributed by atoms with E-state index in [9.17, 15) is 4.79 Å². The molecule has 2 heterocycles. The molecule has 0 atom stereocenters. The van der Waals surface area contributed by atoms with E-state index in [4.69, 9.17) is 11.6 Å². The van der Waals surface area contributed by atoms with Gasteiger partial charge in [-0.3, -0.25) is 9.69 Å². The van der Waals surface area contributed by atoms with Crippen LogP contribution >= 0.6 is 27.5 Å². The Bertz CT molecular complexity index is 513. The number of nitrogens with zero attached hydrogens (tertiary/aromatic N) is 2. The zero-order valence-corrected chi connectivity index (χ0v) is 13.5. The number of piperazine rings is 1. The number of benzene rings is 1. The second-order valence-electron chi connectivity index (χ2n) is 5.26. The molecule has 1 aromatic carbocycles. The number of halogens is 2. The normalized spacial score (nSPS) is 20.8. The molecule has 0 spiro atoms. The fraction of sp³-hybridized carbons (Fsp3) is 0.500. The van der Waals surface area contributed by atoms with Crippen LogP contribution in [0.3, 0.4) is 0 Å². The first-order valence-corrected chi connectivity index (χ1v) is 8.01. The predicted molar refractivity (Wildman–Crippen MR) is 83.3 cm³/mol. The van der Waals surface area contributed by atoms with E-state index in [2.05, 4.69) is 26.1 Å². The molecule has 0 aromatic heterocycles. The van der Waals surface area contributed by atoms with Gasteiger partial charge in [-0.2, -0.15) is 0 Å². The molecule has 0 saturated carbocycles. The van der Waals surface area contributed by atoms with E-state index in [1.165, 1.54) is 0 Å². The van der Waals surface area contributed by atoms with Crippen molar-refractivity contribution in [2.24, 2.45) is 0 Å². The maximum absolute atomic E-state index is 12.5. The molecule has 20 heavy (non-hydrogen) atoms. The average Bonchev–Trinajstić information content (AvgIpc) is 2.40. The third-order valence-electron chi connectivity index (χ3n) is 4.04. The summed E-state index contributed by atoms with van der Waals surface area (Å²) in [7, 11) is 0. The Hall–Kier alpha value is -0.620. The first-order chi connectivity index (χ1) is 9.65. The highest BCUT2D eigenvalue weighted by Gasteiger charge is 2.29. The van der Waals surface area contributed by atoms with Crippen LogP contribution in [0.5, 0.6) is 0 Å². The van der Waals surface area contributed by atoms with Crippen LogP contribution in [0.15, 0.2) is 22.7 Å². The highest BCUT2D eigenvalue weighted by Crippen LogP contribution is 2.23. The van der Waals surface area contributed by atoms with Gasteiger partial charge in [0.25, 0.3) is 5.91 Å². The highest BCUT2D eigenvalue weighted by molar-refractivity contribution is 9.10. The van der Waals surface area contributed by atoms with E-state index in [1.54, 1.807) is 12.1 Å². The van der Waals surface area contributed by atoms with Crippen LogP contribution in [0.1, 0.15) is 10.4 Å². The monoisotopic (exact) mass is 357 g/mol. The Morgan fingerprint density at radius 3 is 2.55 bits per heavy atom. The van der Waals surface area contributed by atoms with Crippen molar-refractivity contribution in [3.05, 3.63) is 33.3 Å². The summed E-state index contributed by atoms with van der Waals surface area (Å²) in [5.74, 6) is 0.0609. The van der Waals surface area contributed by atoms with Gasteiger partial charge < -0.3 is 10.2 Å². The Kier molecular flexibility index (Phi) is 4.31. The number of rotatable bonds is 2. The van der Waals surface area contributed by atoms with Crippen LogP contribution in [0, 0.1) is 0 Å². The number of carbonyl (C=O) groups is 1. The molecule has 1 N–H and O–H groups in total. The van der Waals surface area contributed by atoms with Crippen LogP contribution < -0.4 is 5.32 Å². The van der Waals surface area contributed by atoms with Crippen LogP contribution in [0.4, 0.5) is 0 Å². The first-order valence-electron chi connectivity index (χ1n) is 6.84. The standard InChI is InChI=1S/C14H17BrClN3O/c15-13-2-1-10(16)7-12(13)14(20)19-5-3-18(4-6-19)11-8-17-9-11/h1-2,7,11,17H,3-6,8-9H2. The summed E-state index contributed by atoms with van der Waals surface area (Å²) in [4.78, 5) is 16.9. The van der Waals surface area contributed by atoms with Gasteiger partial charge in [-0.25, -0.2) is 0 Å². The fourth-order valence-electron chi connectivity index (χ4n) is 2.65. The number of amides is 1. The second kappa shape index (κ2) is 6.02. The van der Waals surface area contributed by atoms with Gasteiger partial charge in [0, 0.05) is 54.8 Å². The van der Waals surface area contributed by atoms with Crippen molar-refractivity contribution in [2.75, 3.05) is 39.3 Å². The molecule has 0 unspecified atom stereocenters. The molecule has 1 amide bonds. The molecule has 6 heteroatoms. The van der Waals surface area contributed by atoms with Crippen LogP contribution in [-0.4, -0.2) is 61.0 Å². The Labute approximate surface area is 132 Å². The highest BCUT2D eigenvalue weighted by atomic mass is 79.9. The molecule has 0 aliphatic carbocycles. The SMILES string of the molecule is O=C(c1cc(Cl)ccc1Br)N1CCN(C2CNC2)CC1. The van der Waals surface area contributed by atoms with Gasteiger partial charge in [0.2, 0.25) is 0 Å². The van der Waals surface area contributed by atoms with E-state index in [-0.39, 0.29) is 5.91 Å². The van der Waals surface area contributed by atoms with Gasteiger partial charge in [0.1, 0.15) is 0 Å². The third kappa shape index (κ3) is 2.86. The van der Waals surface area contributed by atoms with Crippen LogP contribution in [0.25, 0.3) is 0 Å². The largest absolute Gasteiger partial charge is 0.336 e. The van der Waals surface area contributed by atoms with E-state index in [0.717, 1.165) is 43.7 Å². The fourth-order valence-corrected chi connectivity index (χ4v) is 3.24. The quantitative estimate of drug-likeness (QED) is 0.876. The Morgan fingerprint density at radius 1 is 1.25 bits per heavy atom. The molecular weight excluding hydrogens is 342 g/mol. The topological polar surface area (TPSA) is 35.6 Å². The molecule has 2 aliphatic heterocycles. The predicted octanol–water partition coefficient (Wildman–Crippen LogP) is 1.83. The van der Waals surface area contributed by atoms with Crippen molar-refractivity contribution in [3.63, 3.8) is 0 Å². The molecule has 2 aliphatic rings. The van der Waals surface area contributed by atoms with Gasteiger partial charge in [0.05, 0.1) is 5.56 Å². The zero-order valence-electron chi connectivity index (χ0n) is 11.1. The van der Waals surface area contributed by atoms with E-state index in [0.29, 0.717) is 16.6 Å². The molecule has 3 rings (SSSR count). The van der Waals surface area contributed by atoms with Crippen LogP contribution in [-0.2, 0) is 0 Å². The lowest BCUT2D eigenvalue weighted by Gasteiger charge is -2.43. The summed E-state index contributed by atoms with van der Waals surface area (Å²) in [6, 6.07) is 6.00. The molecule has 2 fully saturated rings. The van der Waals surface area contributed by atoms with Gasteiger partial charge in [-0.1, -0.05) is 11.6 Å². The minimum Gasteiger partial charge on any atom is -0.336 e. The molecule has 1 aromatic rings. The number of nitrogens with one attached hydrogen (secondary N) is 1. The Balaban J connectivity index is 1.65. The summed E-state index contributed by atoms with van der Waals surface area (Å²) in [5.41, 5.74) is 0.649. The zero-order chi connectivity index (χ0) is 14.1. The van der Waals surface area contributed by atoms with Crippen LogP contribution in [0.2, 0.25) is 5.02 Å². The number of carbonyl (C=O) groups excluding carboxylic acids is 1. The lowest BCUT2D eigenvalue weighted by atomic mass is 10.1. The number of hydrogen-bond acceptors (Lipinski definition) is 3. The van der Waals surface area contributed by atoms with E-state index >= 15 is 0 Å². The van der Waals surface area contributed by atoms with E-state index < -0.39 is 0 Å². The molecule has 0 bridgehead atoms. The lowest BCUT2D eigenvalue weighted by Crippen LogP contribution is -2.62. The third-order valence-corrected chi connectivity index (χ3v) is 4.96.